The lowest BCUT2D eigenvalue weighted by atomic mass is 9.91. The molecule has 6 heteroatoms. The van der Waals surface area contributed by atoms with E-state index in [1.54, 1.807) is 0 Å². The van der Waals surface area contributed by atoms with Gasteiger partial charge >= 0.3 is 0 Å². The first kappa shape index (κ1) is 19.5. The molecular formula is C24H32N6. The fourth-order valence-corrected chi connectivity index (χ4v) is 5.13. The van der Waals surface area contributed by atoms with Gasteiger partial charge in [-0.3, -0.25) is 14.3 Å². The molecule has 1 fully saturated rings. The van der Waals surface area contributed by atoms with Gasteiger partial charge in [0.05, 0.1) is 17.4 Å². The van der Waals surface area contributed by atoms with Gasteiger partial charge in [-0.1, -0.05) is 12.1 Å². The fourth-order valence-electron chi connectivity index (χ4n) is 5.13. The van der Waals surface area contributed by atoms with Gasteiger partial charge in [-0.2, -0.15) is 0 Å². The number of hydrogen-bond acceptors (Lipinski definition) is 5. The lowest BCUT2D eigenvalue weighted by Gasteiger charge is -2.31. The van der Waals surface area contributed by atoms with Gasteiger partial charge in [0.2, 0.25) is 0 Å². The number of hydrogen-bond donors (Lipinski definition) is 0. The van der Waals surface area contributed by atoms with Crippen LogP contribution in [0.4, 0.5) is 5.82 Å². The third kappa shape index (κ3) is 3.59. The minimum Gasteiger partial charge on any atom is -0.356 e. The van der Waals surface area contributed by atoms with Crippen LogP contribution in [0.15, 0.2) is 42.7 Å². The van der Waals surface area contributed by atoms with Crippen LogP contribution in [0.3, 0.4) is 0 Å². The van der Waals surface area contributed by atoms with Crippen molar-refractivity contribution in [3.05, 3.63) is 59.7 Å². The van der Waals surface area contributed by atoms with Crippen molar-refractivity contribution in [2.75, 3.05) is 39.1 Å². The Hall–Kier alpha value is -2.44. The van der Waals surface area contributed by atoms with E-state index in [4.69, 9.17) is 9.97 Å². The van der Waals surface area contributed by atoms with Gasteiger partial charge in [0, 0.05) is 38.1 Å². The van der Waals surface area contributed by atoms with E-state index in [0.29, 0.717) is 12.1 Å². The van der Waals surface area contributed by atoms with Crippen molar-refractivity contribution in [2.24, 2.45) is 0 Å². The molecule has 0 saturated carbocycles. The first-order valence-electron chi connectivity index (χ1n) is 11.1. The molecule has 0 spiro atoms. The summed E-state index contributed by atoms with van der Waals surface area (Å²) in [7, 11) is 6.57. The van der Waals surface area contributed by atoms with Crippen LogP contribution in [0.1, 0.15) is 42.3 Å². The zero-order chi connectivity index (χ0) is 20.7. The number of rotatable bonds is 5. The molecule has 0 radical (unpaired) electrons. The molecule has 0 unspecified atom stereocenters. The first-order chi connectivity index (χ1) is 14.6. The van der Waals surface area contributed by atoms with Crippen LogP contribution < -0.4 is 4.90 Å². The van der Waals surface area contributed by atoms with Gasteiger partial charge in [-0.15, -0.1) is 0 Å². The summed E-state index contributed by atoms with van der Waals surface area (Å²) in [6.45, 7) is 3.01. The highest BCUT2D eigenvalue weighted by atomic mass is 15.3. The van der Waals surface area contributed by atoms with E-state index in [9.17, 15) is 0 Å². The van der Waals surface area contributed by atoms with E-state index in [-0.39, 0.29) is 0 Å². The summed E-state index contributed by atoms with van der Waals surface area (Å²) < 4.78 is 2.27. The lowest BCUT2D eigenvalue weighted by molar-refractivity contribution is 0.206. The Morgan fingerprint density at radius 2 is 2.00 bits per heavy atom. The van der Waals surface area contributed by atoms with Crippen molar-refractivity contribution in [3.63, 3.8) is 0 Å². The molecule has 6 nitrogen and oxygen atoms in total. The van der Waals surface area contributed by atoms with E-state index >= 15 is 0 Å². The third-order valence-electron chi connectivity index (χ3n) is 6.85. The van der Waals surface area contributed by atoms with Crippen molar-refractivity contribution >= 4 is 11.5 Å². The number of aromatic nitrogens is 3. The highest BCUT2D eigenvalue weighted by Gasteiger charge is 2.27. The third-order valence-corrected chi connectivity index (χ3v) is 6.85. The standard InChI is InChI=1S/C24H32N6/c1-27(2)20-12-14-29(17-20)23-11-5-10-22-26-19(16-30(22)23)15-28(3)21-9-4-7-18-8-6-13-25-24(18)21/h5-6,8,10-11,13,16,20-21H,4,7,9,12,14-15,17H2,1-3H3/t20-,21-/m0/s1. The summed E-state index contributed by atoms with van der Waals surface area (Å²) in [6, 6.07) is 11.8. The molecule has 0 N–H and O–H groups in total. The maximum absolute atomic E-state index is 4.95. The van der Waals surface area contributed by atoms with E-state index in [0.717, 1.165) is 37.4 Å². The minimum atomic E-state index is 0.374. The van der Waals surface area contributed by atoms with Crippen LogP contribution in [0.25, 0.3) is 5.65 Å². The Bertz CT molecular complexity index is 1030. The molecule has 0 aromatic carbocycles. The average Bonchev–Trinajstić information content (AvgIpc) is 3.40. The molecule has 1 aliphatic heterocycles. The van der Waals surface area contributed by atoms with Crippen molar-refractivity contribution in [2.45, 2.75) is 44.3 Å². The quantitative estimate of drug-likeness (QED) is 0.652. The van der Waals surface area contributed by atoms with Crippen LogP contribution in [0.2, 0.25) is 0 Å². The Morgan fingerprint density at radius 1 is 1.10 bits per heavy atom. The van der Waals surface area contributed by atoms with E-state index in [2.05, 4.69) is 76.8 Å². The molecule has 158 valence electrons. The van der Waals surface area contributed by atoms with Gasteiger partial charge in [0.15, 0.2) is 0 Å². The highest BCUT2D eigenvalue weighted by molar-refractivity contribution is 5.53. The minimum absolute atomic E-state index is 0.374. The van der Waals surface area contributed by atoms with Gasteiger partial charge in [0.1, 0.15) is 11.5 Å². The molecule has 3 aromatic heterocycles. The maximum atomic E-state index is 4.95. The van der Waals surface area contributed by atoms with E-state index < -0.39 is 0 Å². The average molecular weight is 405 g/mol. The predicted octanol–water partition coefficient (Wildman–Crippen LogP) is 3.38. The second-order valence-corrected chi connectivity index (χ2v) is 9.07. The van der Waals surface area contributed by atoms with E-state index in [1.807, 2.05) is 6.20 Å². The van der Waals surface area contributed by atoms with E-state index in [1.165, 1.54) is 36.3 Å². The number of fused-ring (bicyclic) bond motifs is 2. The lowest BCUT2D eigenvalue weighted by Crippen LogP contribution is -2.32. The van der Waals surface area contributed by atoms with Crippen LogP contribution in [-0.2, 0) is 13.0 Å². The molecule has 2 atom stereocenters. The molecule has 0 bridgehead atoms. The van der Waals surface area contributed by atoms with Gasteiger partial charge in [-0.05, 0) is 70.6 Å². The number of likely N-dealkylation sites (N-methyl/N-ethyl adjacent to an activating group) is 1. The number of nitrogens with zero attached hydrogens (tertiary/aromatic N) is 6. The summed E-state index contributed by atoms with van der Waals surface area (Å²) in [4.78, 5) is 16.9. The van der Waals surface area contributed by atoms with Crippen molar-refractivity contribution in [3.8, 4) is 0 Å². The molecule has 1 aliphatic carbocycles. The monoisotopic (exact) mass is 404 g/mol. The van der Waals surface area contributed by atoms with Gasteiger partial charge in [0.25, 0.3) is 0 Å². The smallest absolute Gasteiger partial charge is 0.138 e. The zero-order valence-corrected chi connectivity index (χ0v) is 18.3. The first-order valence-corrected chi connectivity index (χ1v) is 11.1. The van der Waals surface area contributed by atoms with Crippen LogP contribution in [0, 0.1) is 0 Å². The van der Waals surface area contributed by atoms with Gasteiger partial charge < -0.3 is 9.80 Å². The van der Waals surface area contributed by atoms with Crippen LogP contribution >= 0.6 is 0 Å². The molecule has 2 aliphatic rings. The molecule has 5 rings (SSSR count). The summed E-state index contributed by atoms with van der Waals surface area (Å²) in [5.74, 6) is 1.25. The molecular weight excluding hydrogens is 372 g/mol. The second-order valence-electron chi connectivity index (χ2n) is 9.07. The van der Waals surface area contributed by atoms with Gasteiger partial charge in [-0.25, -0.2) is 4.98 Å². The molecule has 3 aromatic rings. The number of aryl methyl sites for hydroxylation is 1. The van der Waals surface area contributed by atoms with Crippen molar-refractivity contribution in [1.29, 1.82) is 0 Å². The maximum Gasteiger partial charge on any atom is 0.138 e. The molecule has 4 heterocycles. The largest absolute Gasteiger partial charge is 0.356 e. The number of imidazole rings is 1. The normalized spacial score (nSPS) is 21.7. The zero-order valence-electron chi connectivity index (χ0n) is 18.3. The Labute approximate surface area is 179 Å². The predicted molar refractivity (Wildman–Crippen MR) is 121 cm³/mol. The van der Waals surface area contributed by atoms with Crippen LogP contribution in [-0.4, -0.2) is 64.4 Å². The Balaban J connectivity index is 1.38. The summed E-state index contributed by atoms with van der Waals surface area (Å²) in [5.41, 5.74) is 4.81. The van der Waals surface area contributed by atoms with Crippen molar-refractivity contribution in [1.82, 2.24) is 24.2 Å². The number of anilines is 1. The summed E-state index contributed by atoms with van der Waals surface area (Å²) in [6.07, 6.45) is 8.91. The summed E-state index contributed by atoms with van der Waals surface area (Å²) in [5, 5.41) is 0. The number of pyridine rings is 2. The topological polar surface area (TPSA) is 39.9 Å². The second kappa shape index (κ2) is 8.00. The summed E-state index contributed by atoms with van der Waals surface area (Å²) >= 11 is 0. The fraction of sp³-hybridized carbons (Fsp3) is 0.500. The molecule has 1 saturated heterocycles. The molecule has 30 heavy (non-hydrogen) atoms. The Kier molecular flexibility index (Phi) is 5.21. The highest BCUT2D eigenvalue weighted by Crippen LogP contribution is 2.33. The molecule has 0 amide bonds. The van der Waals surface area contributed by atoms with Crippen LogP contribution in [0.5, 0.6) is 0 Å². The SMILES string of the molecule is CN(C)[C@H]1CCN(c2cccc3nc(CN(C)[C@H]4CCCc5cccnc54)cn23)C1. The van der Waals surface area contributed by atoms with Crippen molar-refractivity contribution < 1.29 is 0 Å². The Morgan fingerprint density at radius 3 is 2.83 bits per heavy atom.